The van der Waals surface area contributed by atoms with Gasteiger partial charge in [-0.15, -0.1) is 11.3 Å². The van der Waals surface area contributed by atoms with Crippen molar-refractivity contribution in [3.8, 4) is 10.7 Å². The van der Waals surface area contributed by atoms with Crippen molar-refractivity contribution in [3.05, 3.63) is 53.5 Å². The number of anilines is 2. The predicted molar refractivity (Wildman–Crippen MR) is 122 cm³/mol. The first-order valence-corrected chi connectivity index (χ1v) is 11.3. The second kappa shape index (κ2) is 10.3. The molecule has 1 saturated heterocycles. The molecule has 1 aliphatic rings. The second-order valence-electron chi connectivity index (χ2n) is 7.55. The fourth-order valence-electron chi connectivity index (χ4n) is 3.63. The molecule has 0 atom stereocenters. The Balaban J connectivity index is 1.39. The van der Waals surface area contributed by atoms with Crippen molar-refractivity contribution in [2.75, 3.05) is 30.3 Å². The zero-order valence-corrected chi connectivity index (χ0v) is 18.0. The van der Waals surface area contributed by atoms with Gasteiger partial charge < -0.3 is 15.7 Å². The van der Waals surface area contributed by atoms with Crippen molar-refractivity contribution < 1.29 is 9.90 Å². The number of thiazole rings is 1. The van der Waals surface area contributed by atoms with Gasteiger partial charge in [-0.05, 0) is 18.4 Å². The molecule has 162 valence electrons. The minimum Gasteiger partial charge on any atom is -0.481 e. The quantitative estimate of drug-likeness (QED) is 0.466. The highest BCUT2D eigenvalue weighted by molar-refractivity contribution is 7.13. The maximum absolute atomic E-state index is 10.8. The van der Waals surface area contributed by atoms with E-state index in [0.717, 1.165) is 49.0 Å². The third-order valence-corrected chi connectivity index (χ3v) is 5.98. The van der Waals surface area contributed by atoms with Gasteiger partial charge in [0.15, 0.2) is 0 Å². The largest absolute Gasteiger partial charge is 0.481 e. The number of hydrogen-bond acceptors (Lipinski definition) is 8. The second-order valence-corrected chi connectivity index (χ2v) is 8.44. The lowest BCUT2D eigenvalue weighted by molar-refractivity contribution is -0.136. The molecule has 0 radical (unpaired) electrons. The highest BCUT2D eigenvalue weighted by atomic mass is 32.1. The third kappa shape index (κ3) is 6.22. The molecule has 9 heteroatoms. The highest BCUT2D eigenvalue weighted by Crippen LogP contribution is 2.25. The Kier molecular flexibility index (Phi) is 7.06. The van der Waals surface area contributed by atoms with E-state index in [0.29, 0.717) is 12.0 Å². The molecule has 1 aromatic carbocycles. The van der Waals surface area contributed by atoms with Crippen LogP contribution in [0.5, 0.6) is 0 Å². The standard InChI is InChI=1S/C22H26N6O2S/c29-20(30)6-9-24-22-26-18(21-23-10-13-31-21)14-19(27-22)25-17-7-11-28(12-8-17)15-16-4-2-1-3-5-16/h1-5,10,13-14,17H,6-9,11-12,15H2,(H,29,30)(H2,24,25,26,27). The van der Waals surface area contributed by atoms with Gasteiger partial charge in [-0.2, -0.15) is 4.98 Å². The topological polar surface area (TPSA) is 103 Å². The van der Waals surface area contributed by atoms with Gasteiger partial charge in [0.1, 0.15) is 16.5 Å². The Bertz CT molecular complexity index is 975. The SMILES string of the molecule is O=C(O)CCNc1nc(NC2CCN(Cc3ccccc3)CC2)cc(-c2nccs2)n1. The molecule has 0 spiro atoms. The maximum atomic E-state index is 10.8. The van der Waals surface area contributed by atoms with E-state index in [2.05, 4.69) is 54.8 Å². The van der Waals surface area contributed by atoms with E-state index >= 15 is 0 Å². The van der Waals surface area contributed by atoms with Crippen molar-refractivity contribution >= 4 is 29.1 Å². The molecule has 1 aliphatic heterocycles. The Hall–Kier alpha value is -3.04. The zero-order chi connectivity index (χ0) is 21.5. The predicted octanol–water partition coefficient (Wildman–Crippen LogP) is 3.56. The van der Waals surface area contributed by atoms with Crippen LogP contribution in [0.4, 0.5) is 11.8 Å². The smallest absolute Gasteiger partial charge is 0.305 e. The van der Waals surface area contributed by atoms with Gasteiger partial charge >= 0.3 is 5.97 Å². The number of hydrogen-bond donors (Lipinski definition) is 3. The summed E-state index contributed by atoms with van der Waals surface area (Å²) in [5, 5.41) is 18.2. The molecule has 1 fully saturated rings. The molecule has 3 aromatic rings. The van der Waals surface area contributed by atoms with Crippen molar-refractivity contribution in [2.24, 2.45) is 0 Å². The summed E-state index contributed by atoms with van der Waals surface area (Å²) < 4.78 is 0. The van der Waals surface area contributed by atoms with Gasteiger partial charge in [-0.1, -0.05) is 30.3 Å². The number of likely N-dealkylation sites (tertiary alicyclic amines) is 1. The number of benzene rings is 1. The summed E-state index contributed by atoms with van der Waals surface area (Å²) in [6, 6.07) is 12.8. The van der Waals surface area contributed by atoms with Gasteiger partial charge in [0, 0.05) is 49.9 Å². The first-order valence-electron chi connectivity index (χ1n) is 10.4. The number of rotatable bonds is 9. The molecular formula is C22H26N6O2S. The van der Waals surface area contributed by atoms with Gasteiger partial charge in [0.2, 0.25) is 5.95 Å². The molecule has 0 aliphatic carbocycles. The van der Waals surface area contributed by atoms with Crippen molar-refractivity contribution in [3.63, 3.8) is 0 Å². The first-order chi connectivity index (χ1) is 15.2. The van der Waals surface area contributed by atoms with Crippen molar-refractivity contribution in [2.45, 2.75) is 31.8 Å². The van der Waals surface area contributed by atoms with E-state index in [4.69, 9.17) is 5.11 Å². The number of piperidine rings is 1. The maximum Gasteiger partial charge on any atom is 0.305 e. The molecule has 0 amide bonds. The van der Waals surface area contributed by atoms with Crippen molar-refractivity contribution in [1.29, 1.82) is 0 Å². The van der Waals surface area contributed by atoms with Crippen LogP contribution < -0.4 is 10.6 Å². The van der Waals surface area contributed by atoms with E-state index in [-0.39, 0.29) is 13.0 Å². The van der Waals surface area contributed by atoms with Crippen LogP contribution in [0, 0.1) is 0 Å². The molecule has 31 heavy (non-hydrogen) atoms. The van der Waals surface area contributed by atoms with Crippen LogP contribution in [0.25, 0.3) is 10.7 Å². The summed E-state index contributed by atoms with van der Waals surface area (Å²) in [5.74, 6) is 0.293. The van der Waals surface area contributed by atoms with E-state index in [1.165, 1.54) is 16.9 Å². The summed E-state index contributed by atoms with van der Waals surface area (Å²) in [6.45, 7) is 3.31. The minimum atomic E-state index is -0.857. The molecule has 3 heterocycles. The van der Waals surface area contributed by atoms with E-state index in [1.54, 1.807) is 6.20 Å². The lowest BCUT2D eigenvalue weighted by Crippen LogP contribution is -2.38. The molecular weight excluding hydrogens is 412 g/mol. The van der Waals surface area contributed by atoms with Crippen LogP contribution in [0.1, 0.15) is 24.8 Å². The van der Waals surface area contributed by atoms with Gasteiger partial charge in [0.05, 0.1) is 6.42 Å². The third-order valence-electron chi connectivity index (χ3n) is 5.19. The fourth-order valence-corrected chi connectivity index (χ4v) is 4.22. The Morgan fingerprint density at radius 2 is 2.00 bits per heavy atom. The van der Waals surface area contributed by atoms with E-state index < -0.39 is 5.97 Å². The van der Waals surface area contributed by atoms with Crippen LogP contribution in [0.15, 0.2) is 48.0 Å². The average molecular weight is 439 g/mol. The van der Waals surface area contributed by atoms with E-state index in [9.17, 15) is 4.79 Å². The Labute approximate surface area is 185 Å². The van der Waals surface area contributed by atoms with Gasteiger partial charge in [0.25, 0.3) is 0 Å². The lowest BCUT2D eigenvalue weighted by atomic mass is 10.0. The molecule has 0 saturated carbocycles. The summed E-state index contributed by atoms with van der Waals surface area (Å²) in [4.78, 5) is 26.7. The van der Waals surface area contributed by atoms with Crippen LogP contribution >= 0.6 is 11.3 Å². The van der Waals surface area contributed by atoms with Crippen LogP contribution in [-0.2, 0) is 11.3 Å². The molecule has 4 rings (SSSR count). The number of aliphatic carboxylic acids is 1. The van der Waals surface area contributed by atoms with Crippen LogP contribution in [0.3, 0.4) is 0 Å². The molecule has 8 nitrogen and oxygen atoms in total. The van der Waals surface area contributed by atoms with E-state index in [1.807, 2.05) is 17.5 Å². The lowest BCUT2D eigenvalue weighted by Gasteiger charge is -2.32. The van der Waals surface area contributed by atoms with Crippen LogP contribution in [0.2, 0.25) is 0 Å². The Morgan fingerprint density at radius 1 is 1.19 bits per heavy atom. The Morgan fingerprint density at radius 3 is 2.71 bits per heavy atom. The average Bonchev–Trinajstić information content (AvgIpc) is 3.31. The molecule has 2 aromatic heterocycles. The number of carboxylic acids is 1. The molecule has 0 bridgehead atoms. The van der Waals surface area contributed by atoms with Crippen LogP contribution in [-0.4, -0.2) is 56.6 Å². The number of carbonyl (C=O) groups is 1. The highest BCUT2D eigenvalue weighted by Gasteiger charge is 2.20. The molecule has 0 unspecified atom stereocenters. The monoisotopic (exact) mass is 438 g/mol. The number of carboxylic acid groups (broad SMARTS) is 1. The molecule has 3 N–H and O–H groups in total. The number of aromatic nitrogens is 3. The first kappa shape index (κ1) is 21.2. The number of nitrogens with one attached hydrogen (secondary N) is 2. The number of nitrogens with zero attached hydrogens (tertiary/aromatic N) is 4. The van der Waals surface area contributed by atoms with Gasteiger partial charge in [-0.3, -0.25) is 9.69 Å². The summed E-state index contributed by atoms with van der Waals surface area (Å²) in [6.07, 6.45) is 3.82. The fraction of sp³-hybridized carbons (Fsp3) is 0.364. The minimum absolute atomic E-state index is 0.00742. The summed E-state index contributed by atoms with van der Waals surface area (Å²) >= 11 is 1.51. The summed E-state index contributed by atoms with van der Waals surface area (Å²) in [7, 11) is 0. The zero-order valence-electron chi connectivity index (χ0n) is 17.2. The van der Waals surface area contributed by atoms with Crippen molar-refractivity contribution in [1.82, 2.24) is 19.9 Å². The van der Waals surface area contributed by atoms with Gasteiger partial charge in [-0.25, -0.2) is 9.97 Å². The normalized spacial score (nSPS) is 15.0. The summed E-state index contributed by atoms with van der Waals surface area (Å²) in [5.41, 5.74) is 2.07.